The van der Waals surface area contributed by atoms with Gasteiger partial charge in [0.1, 0.15) is 6.04 Å². The standard InChI is InChI=1S/C15H23N3O3S/c1-5-6-16-12(19)8-17-14(21)11-9-22-10-18(11)13(20)7-15(2,3)4/h1,11H,6-10H2,2-4H3,(H,16,19)(H,17,21). The van der Waals surface area contributed by atoms with E-state index >= 15 is 0 Å². The van der Waals surface area contributed by atoms with E-state index in [4.69, 9.17) is 6.42 Å². The van der Waals surface area contributed by atoms with Crippen LogP contribution < -0.4 is 10.6 Å². The molecule has 1 aliphatic heterocycles. The molecule has 0 spiro atoms. The predicted molar refractivity (Wildman–Crippen MR) is 86.9 cm³/mol. The number of hydrogen-bond acceptors (Lipinski definition) is 4. The third-order valence-corrected chi connectivity index (χ3v) is 4.01. The fourth-order valence-electron chi connectivity index (χ4n) is 1.96. The van der Waals surface area contributed by atoms with E-state index < -0.39 is 6.04 Å². The molecular weight excluding hydrogens is 302 g/mol. The molecule has 0 radical (unpaired) electrons. The van der Waals surface area contributed by atoms with Crippen molar-refractivity contribution in [2.75, 3.05) is 24.7 Å². The lowest BCUT2D eigenvalue weighted by Crippen LogP contribution is -2.49. The van der Waals surface area contributed by atoms with Crippen LogP contribution in [0.4, 0.5) is 0 Å². The van der Waals surface area contributed by atoms with Crippen LogP contribution in [0.2, 0.25) is 0 Å². The maximum atomic E-state index is 12.3. The van der Waals surface area contributed by atoms with Gasteiger partial charge in [-0.3, -0.25) is 14.4 Å². The van der Waals surface area contributed by atoms with Gasteiger partial charge in [-0.25, -0.2) is 0 Å². The maximum Gasteiger partial charge on any atom is 0.244 e. The normalized spacial score (nSPS) is 17.7. The largest absolute Gasteiger partial charge is 0.345 e. The number of amides is 3. The number of terminal acetylenes is 1. The summed E-state index contributed by atoms with van der Waals surface area (Å²) in [5.74, 6) is 2.67. The Labute approximate surface area is 135 Å². The van der Waals surface area contributed by atoms with Crippen molar-refractivity contribution in [2.45, 2.75) is 33.2 Å². The van der Waals surface area contributed by atoms with Gasteiger partial charge in [-0.1, -0.05) is 26.7 Å². The van der Waals surface area contributed by atoms with Crippen molar-refractivity contribution in [3.05, 3.63) is 0 Å². The van der Waals surface area contributed by atoms with E-state index in [-0.39, 0.29) is 36.2 Å². The lowest BCUT2D eigenvalue weighted by molar-refractivity contribution is -0.139. The highest BCUT2D eigenvalue weighted by atomic mass is 32.2. The zero-order valence-electron chi connectivity index (χ0n) is 13.3. The molecule has 2 N–H and O–H groups in total. The van der Waals surface area contributed by atoms with E-state index in [0.29, 0.717) is 18.1 Å². The molecule has 0 aromatic carbocycles. The van der Waals surface area contributed by atoms with Gasteiger partial charge in [-0.05, 0) is 5.41 Å². The molecular formula is C15H23N3O3S. The predicted octanol–water partition coefficient (Wildman–Crippen LogP) is 0.190. The molecule has 122 valence electrons. The van der Waals surface area contributed by atoms with Crippen molar-refractivity contribution in [1.29, 1.82) is 0 Å². The first-order valence-electron chi connectivity index (χ1n) is 7.09. The Morgan fingerprint density at radius 2 is 2.00 bits per heavy atom. The van der Waals surface area contributed by atoms with Crippen molar-refractivity contribution < 1.29 is 14.4 Å². The molecule has 0 aliphatic carbocycles. The molecule has 1 rings (SSSR count). The summed E-state index contributed by atoms with van der Waals surface area (Å²) in [6.45, 7) is 5.95. The minimum atomic E-state index is -0.514. The Hall–Kier alpha value is -1.68. The monoisotopic (exact) mass is 325 g/mol. The smallest absolute Gasteiger partial charge is 0.244 e. The lowest BCUT2D eigenvalue weighted by atomic mass is 9.91. The number of rotatable bonds is 5. The third-order valence-electron chi connectivity index (χ3n) is 3.00. The zero-order chi connectivity index (χ0) is 16.8. The Balaban J connectivity index is 2.52. The van der Waals surface area contributed by atoms with Crippen LogP contribution in [0.25, 0.3) is 0 Å². The number of nitrogens with one attached hydrogen (secondary N) is 2. The molecule has 1 heterocycles. The van der Waals surface area contributed by atoms with Crippen LogP contribution >= 0.6 is 11.8 Å². The van der Waals surface area contributed by atoms with Crippen LogP contribution in [0.3, 0.4) is 0 Å². The second-order valence-electron chi connectivity index (χ2n) is 6.32. The van der Waals surface area contributed by atoms with Gasteiger partial charge in [0.05, 0.1) is 19.0 Å². The average molecular weight is 325 g/mol. The molecule has 6 nitrogen and oxygen atoms in total. The molecule has 7 heteroatoms. The molecule has 0 aromatic heterocycles. The topological polar surface area (TPSA) is 78.5 Å². The number of hydrogen-bond donors (Lipinski definition) is 2. The fraction of sp³-hybridized carbons (Fsp3) is 0.667. The van der Waals surface area contributed by atoms with Crippen molar-refractivity contribution >= 4 is 29.5 Å². The summed E-state index contributed by atoms with van der Waals surface area (Å²) in [5.41, 5.74) is -0.125. The Morgan fingerprint density at radius 3 is 2.59 bits per heavy atom. The summed E-state index contributed by atoms with van der Waals surface area (Å²) in [5, 5.41) is 5.02. The minimum Gasteiger partial charge on any atom is -0.345 e. The molecule has 0 aromatic rings. The Morgan fingerprint density at radius 1 is 1.32 bits per heavy atom. The second-order valence-corrected chi connectivity index (χ2v) is 7.32. The summed E-state index contributed by atoms with van der Waals surface area (Å²) in [4.78, 5) is 37.5. The molecule has 0 saturated carbocycles. The quantitative estimate of drug-likeness (QED) is 0.707. The summed E-state index contributed by atoms with van der Waals surface area (Å²) < 4.78 is 0. The number of nitrogens with zero attached hydrogens (tertiary/aromatic N) is 1. The Kier molecular flexibility index (Phi) is 6.75. The van der Waals surface area contributed by atoms with Gasteiger partial charge >= 0.3 is 0 Å². The van der Waals surface area contributed by atoms with Gasteiger partial charge < -0.3 is 15.5 Å². The minimum absolute atomic E-state index is 0.0329. The first-order chi connectivity index (χ1) is 10.2. The molecule has 22 heavy (non-hydrogen) atoms. The van der Waals surface area contributed by atoms with Crippen LogP contribution in [0, 0.1) is 17.8 Å². The summed E-state index contributed by atoms with van der Waals surface area (Å²) in [6, 6.07) is -0.514. The molecule has 1 aliphatic rings. The second kappa shape index (κ2) is 8.08. The first kappa shape index (κ1) is 18.4. The van der Waals surface area contributed by atoms with Gasteiger partial charge in [-0.2, -0.15) is 0 Å². The average Bonchev–Trinajstić information content (AvgIpc) is 2.90. The van der Waals surface area contributed by atoms with E-state index in [1.807, 2.05) is 20.8 Å². The van der Waals surface area contributed by atoms with Crippen molar-refractivity contribution in [1.82, 2.24) is 15.5 Å². The van der Waals surface area contributed by atoms with Crippen LogP contribution in [-0.4, -0.2) is 53.4 Å². The maximum absolute atomic E-state index is 12.3. The van der Waals surface area contributed by atoms with Gasteiger partial charge in [0.2, 0.25) is 17.7 Å². The van der Waals surface area contributed by atoms with Crippen LogP contribution in [-0.2, 0) is 14.4 Å². The fourth-order valence-corrected chi connectivity index (χ4v) is 3.14. The van der Waals surface area contributed by atoms with E-state index in [0.717, 1.165) is 0 Å². The van der Waals surface area contributed by atoms with Crippen molar-refractivity contribution in [3.63, 3.8) is 0 Å². The van der Waals surface area contributed by atoms with Crippen LogP contribution in [0.15, 0.2) is 0 Å². The van der Waals surface area contributed by atoms with E-state index in [1.165, 1.54) is 11.8 Å². The number of carbonyl (C=O) groups is 3. The number of thioether (sulfide) groups is 1. The SMILES string of the molecule is C#CCNC(=O)CNC(=O)C1CSCN1C(=O)CC(C)(C)C. The molecule has 1 atom stereocenters. The van der Waals surface area contributed by atoms with Crippen LogP contribution in [0.5, 0.6) is 0 Å². The van der Waals surface area contributed by atoms with Gasteiger partial charge in [0.25, 0.3) is 0 Å². The zero-order valence-corrected chi connectivity index (χ0v) is 14.1. The van der Waals surface area contributed by atoms with E-state index in [9.17, 15) is 14.4 Å². The molecule has 1 fully saturated rings. The molecule has 0 bridgehead atoms. The van der Waals surface area contributed by atoms with Gasteiger partial charge in [-0.15, -0.1) is 18.2 Å². The third kappa shape index (κ3) is 5.98. The highest BCUT2D eigenvalue weighted by Crippen LogP contribution is 2.26. The Bertz CT molecular complexity index is 479. The van der Waals surface area contributed by atoms with Crippen LogP contribution in [0.1, 0.15) is 27.2 Å². The van der Waals surface area contributed by atoms with Crippen molar-refractivity contribution in [2.24, 2.45) is 5.41 Å². The highest BCUT2D eigenvalue weighted by molar-refractivity contribution is 7.99. The molecule has 3 amide bonds. The molecule has 1 unspecified atom stereocenters. The summed E-state index contributed by atoms with van der Waals surface area (Å²) >= 11 is 1.54. The van der Waals surface area contributed by atoms with E-state index in [1.54, 1.807) is 4.90 Å². The first-order valence-corrected chi connectivity index (χ1v) is 8.25. The summed E-state index contributed by atoms with van der Waals surface area (Å²) in [6.07, 6.45) is 5.42. The highest BCUT2D eigenvalue weighted by Gasteiger charge is 2.35. The molecule has 1 saturated heterocycles. The van der Waals surface area contributed by atoms with E-state index in [2.05, 4.69) is 16.6 Å². The van der Waals surface area contributed by atoms with Gasteiger partial charge in [0.15, 0.2) is 0 Å². The number of carbonyl (C=O) groups excluding carboxylic acids is 3. The van der Waals surface area contributed by atoms with Gasteiger partial charge in [0, 0.05) is 12.2 Å². The summed E-state index contributed by atoms with van der Waals surface area (Å²) in [7, 11) is 0. The lowest BCUT2D eigenvalue weighted by Gasteiger charge is -2.26. The van der Waals surface area contributed by atoms with Crippen molar-refractivity contribution in [3.8, 4) is 12.3 Å².